The molecule has 0 saturated carbocycles. The van der Waals surface area contributed by atoms with Crippen molar-refractivity contribution in [1.29, 1.82) is 0 Å². The summed E-state index contributed by atoms with van der Waals surface area (Å²) in [5.41, 5.74) is 1.60. The van der Waals surface area contributed by atoms with Crippen LogP contribution < -0.4 is 5.32 Å². The second-order valence-corrected chi connectivity index (χ2v) is 8.21. The number of carbonyl (C=O) groups excluding carboxylic acids is 2. The number of hydrogen-bond donors (Lipinski definition) is 2. The fourth-order valence-electron chi connectivity index (χ4n) is 4.50. The van der Waals surface area contributed by atoms with Gasteiger partial charge in [-0.05, 0) is 49.9 Å². The normalized spacial score (nSPS) is 19.1. The number of nitrogens with zero attached hydrogens (tertiary/aromatic N) is 2. The number of aromatic nitrogens is 1. The van der Waals surface area contributed by atoms with Crippen molar-refractivity contribution in [3.8, 4) is 0 Å². The van der Waals surface area contributed by atoms with Gasteiger partial charge < -0.3 is 20.1 Å². The third-order valence-corrected chi connectivity index (χ3v) is 6.37. The van der Waals surface area contributed by atoms with Crippen molar-refractivity contribution in [3.05, 3.63) is 36.0 Å². The Balaban J connectivity index is 0.00000240. The fourth-order valence-corrected chi connectivity index (χ4v) is 4.50. The number of aromatic amines is 1. The first kappa shape index (κ1) is 21.7. The van der Waals surface area contributed by atoms with E-state index in [9.17, 15) is 9.59 Å². The summed E-state index contributed by atoms with van der Waals surface area (Å²) < 4.78 is 0. The Bertz CT molecular complexity index is 805. The molecule has 158 valence electrons. The number of amides is 2. The summed E-state index contributed by atoms with van der Waals surface area (Å²) in [6.45, 7) is 6.80. The van der Waals surface area contributed by atoms with Crippen LogP contribution in [0.25, 0.3) is 10.9 Å². The van der Waals surface area contributed by atoms with Gasteiger partial charge in [-0.3, -0.25) is 9.59 Å². The second-order valence-electron chi connectivity index (χ2n) is 8.21. The van der Waals surface area contributed by atoms with E-state index in [0.717, 1.165) is 24.0 Å². The number of piperidine rings is 1. The zero-order valence-corrected chi connectivity index (χ0v) is 17.8. The quantitative estimate of drug-likeness (QED) is 0.802. The summed E-state index contributed by atoms with van der Waals surface area (Å²) in [6.07, 6.45) is 2.96. The highest BCUT2D eigenvalue weighted by Crippen LogP contribution is 2.25. The molecule has 0 spiro atoms. The topological polar surface area (TPSA) is 68.4 Å². The van der Waals surface area contributed by atoms with Crippen LogP contribution in [-0.4, -0.2) is 65.9 Å². The Morgan fingerprint density at radius 2 is 1.72 bits per heavy atom. The molecule has 2 fully saturated rings. The number of halogens is 1. The lowest BCUT2D eigenvalue weighted by molar-refractivity contribution is -0.134. The van der Waals surface area contributed by atoms with Gasteiger partial charge in [0.15, 0.2) is 0 Å². The third-order valence-electron chi connectivity index (χ3n) is 6.37. The lowest BCUT2D eigenvalue weighted by Crippen LogP contribution is -2.51. The molecule has 2 amide bonds. The van der Waals surface area contributed by atoms with Crippen LogP contribution in [0.1, 0.15) is 36.7 Å². The molecule has 2 aliphatic heterocycles. The Morgan fingerprint density at radius 3 is 2.41 bits per heavy atom. The average molecular weight is 419 g/mol. The Morgan fingerprint density at radius 1 is 1.07 bits per heavy atom. The van der Waals surface area contributed by atoms with Crippen LogP contribution in [0, 0.1) is 11.8 Å². The van der Waals surface area contributed by atoms with Crippen molar-refractivity contribution in [1.82, 2.24) is 20.1 Å². The molecule has 0 bridgehead atoms. The number of H-pyrrole nitrogens is 1. The first-order valence-corrected chi connectivity index (χ1v) is 10.5. The minimum atomic E-state index is 0. The number of benzene rings is 1. The standard InChI is InChI=1S/C22H30N4O2.ClH/c1-16(17-6-8-23-9-7-17)14-21(27)25-10-12-26(13-11-25)22(28)20-15-18-4-2-3-5-19(18)24-20;/h2-5,15-17,23-24H,6-14H2,1H3;1H. The Labute approximate surface area is 178 Å². The van der Waals surface area contributed by atoms with Gasteiger partial charge in [-0.1, -0.05) is 25.1 Å². The average Bonchev–Trinajstić information content (AvgIpc) is 3.18. The number of rotatable bonds is 4. The summed E-state index contributed by atoms with van der Waals surface area (Å²) >= 11 is 0. The summed E-state index contributed by atoms with van der Waals surface area (Å²) in [4.78, 5) is 32.5. The largest absolute Gasteiger partial charge is 0.351 e. The molecule has 2 saturated heterocycles. The van der Waals surface area contributed by atoms with Crippen LogP contribution in [0.3, 0.4) is 0 Å². The van der Waals surface area contributed by atoms with Crippen molar-refractivity contribution in [3.63, 3.8) is 0 Å². The van der Waals surface area contributed by atoms with E-state index in [1.54, 1.807) is 0 Å². The van der Waals surface area contributed by atoms with Crippen LogP contribution in [0.5, 0.6) is 0 Å². The summed E-state index contributed by atoms with van der Waals surface area (Å²) in [5, 5.41) is 4.44. The minimum absolute atomic E-state index is 0. The molecule has 1 atom stereocenters. The maximum Gasteiger partial charge on any atom is 0.270 e. The van der Waals surface area contributed by atoms with Gasteiger partial charge in [-0.15, -0.1) is 12.4 Å². The molecule has 2 aromatic rings. The smallest absolute Gasteiger partial charge is 0.270 e. The lowest BCUT2D eigenvalue weighted by Gasteiger charge is -2.36. The molecule has 29 heavy (non-hydrogen) atoms. The van der Waals surface area contributed by atoms with E-state index in [0.29, 0.717) is 50.1 Å². The first-order valence-electron chi connectivity index (χ1n) is 10.5. The summed E-state index contributed by atoms with van der Waals surface area (Å²) in [6, 6.07) is 9.83. The van der Waals surface area contributed by atoms with E-state index in [2.05, 4.69) is 17.2 Å². The van der Waals surface area contributed by atoms with E-state index in [1.165, 1.54) is 12.8 Å². The van der Waals surface area contributed by atoms with Gasteiger partial charge >= 0.3 is 0 Å². The van der Waals surface area contributed by atoms with E-state index < -0.39 is 0 Å². The number of nitrogens with one attached hydrogen (secondary N) is 2. The van der Waals surface area contributed by atoms with Crippen molar-refractivity contribution in [2.45, 2.75) is 26.2 Å². The van der Waals surface area contributed by atoms with Crippen LogP contribution in [0.2, 0.25) is 0 Å². The molecule has 1 aromatic heterocycles. The van der Waals surface area contributed by atoms with Gasteiger partial charge in [0.05, 0.1) is 0 Å². The molecule has 3 heterocycles. The van der Waals surface area contributed by atoms with Gasteiger partial charge in [0.1, 0.15) is 5.69 Å². The predicted molar refractivity (Wildman–Crippen MR) is 117 cm³/mol. The second kappa shape index (κ2) is 9.63. The molecule has 0 radical (unpaired) electrons. The van der Waals surface area contributed by atoms with Crippen molar-refractivity contribution in [2.75, 3.05) is 39.3 Å². The maximum atomic E-state index is 12.8. The highest BCUT2D eigenvalue weighted by molar-refractivity contribution is 5.98. The maximum absolute atomic E-state index is 12.8. The van der Waals surface area contributed by atoms with Crippen molar-refractivity contribution >= 4 is 35.1 Å². The van der Waals surface area contributed by atoms with Gasteiger partial charge in [0.2, 0.25) is 5.91 Å². The fraction of sp³-hybridized carbons (Fsp3) is 0.545. The molecular weight excluding hydrogens is 388 g/mol. The summed E-state index contributed by atoms with van der Waals surface area (Å²) in [7, 11) is 0. The van der Waals surface area contributed by atoms with Gasteiger partial charge in [0.25, 0.3) is 5.91 Å². The number of carbonyl (C=O) groups is 2. The van der Waals surface area contributed by atoms with Gasteiger partial charge in [0, 0.05) is 43.5 Å². The van der Waals surface area contributed by atoms with Crippen LogP contribution in [-0.2, 0) is 4.79 Å². The molecular formula is C22H31ClN4O2. The van der Waals surface area contributed by atoms with Gasteiger partial charge in [-0.25, -0.2) is 0 Å². The SMILES string of the molecule is CC(CC(=O)N1CCN(C(=O)c2cc3ccccc3[nH]2)CC1)C1CCNCC1.Cl. The molecule has 4 rings (SSSR count). The molecule has 0 aliphatic carbocycles. The van der Waals surface area contributed by atoms with E-state index in [-0.39, 0.29) is 24.2 Å². The monoisotopic (exact) mass is 418 g/mol. The van der Waals surface area contributed by atoms with E-state index in [4.69, 9.17) is 0 Å². The molecule has 2 N–H and O–H groups in total. The van der Waals surface area contributed by atoms with Crippen molar-refractivity contribution < 1.29 is 9.59 Å². The molecule has 6 nitrogen and oxygen atoms in total. The van der Waals surface area contributed by atoms with Crippen molar-refractivity contribution in [2.24, 2.45) is 11.8 Å². The number of piperazine rings is 1. The zero-order chi connectivity index (χ0) is 19.5. The van der Waals surface area contributed by atoms with E-state index >= 15 is 0 Å². The zero-order valence-electron chi connectivity index (χ0n) is 17.0. The van der Waals surface area contributed by atoms with Gasteiger partial charge in [-0.2, -0.15) is 0 Å². The lowest BCUT2D eigenvalue weighted by atomic mass is 9.84. The van der Waals surface area contributed by atoms with Crippen LogP contribution in [0.15, 0.2) is 30.3 Å². The number of fused-ring (bicyclic) bond motifs is 1. The molecule has 7 heteroatoms. The Hall–Kier alpha value is -2.05. The first-order chi connectivity index (χ1) is 13.6. The highest BCUT2D eigenvalue weighted by Gasteiger charge is 2.28. The predicted octanol–water partition coefficient (Wildman–Crippen LogP) is 2.90. The number of hydrogen-bond acceptors (Lipinski definition) is 3. The molecule has 1 aromatic carbocycles. The van der Waals surface area contributed by atoms with Crippen LogP contribution in [0.4, 0.5) is 0 Å². The summed E-state index contributed by atoms with van der Waals surface area (Å²) in [5.74, 6) is 1.34. The molecule has 1 unspecified atom stereocenters. The highest BCUT2D eigenvalue weighted by atomic mass is 35.5. The third kappa shape index (κ3) is 4.93. The number of para-hydroxylation sites is 1. The van der Waals surface area contributed by atoms with Crippen LogP contribution >= 0.6 is 12.4 Å². The molecule has 2 aliphatic rings. The van der Waals surface area contributed by atoms with E-state index in [1.807, 2.05) is 40.1 Å². The Kier molecular flexibility index (Phi) is 7.19. The minimum Gasteiger partial charge on any atom is -0.351 e.